The van der Waals surface area contributed by atoms with E-state index < -0.39 is 5.60 Å². The maximum absolute atomic E-state index is 11.9. The minimum absolute atomic E-state index is 0.0765. The lowest BCUT2D eigenvalue weighted by atomic mass is 10.2. The maximum atomic E-state index is 11.9. The molecule has 0 bridgehead atoms. The van der Waals surface area contributed by atoms with Gasteiger partial charge in [-0.05, 0) is 52.2 Å². The van der Waals surface area contributed by atoms with Crippen LogP contribution in [-0.2, 0) is 4.74 Å². The maximum Gasteiger partial charge on any atom is 0.407 e. The zero-order valence-corrected chi connectivity index (χ0v) is 17.5. The van der Waals surface area contributed by atoms with Crippen LogP contribution in [0.3, 0.4) is 0 Å². The van der Waals surface area contributed by atoms with Crippen molar-refractivity contribution in [3.8, 4) is 5.75 Å². The summed E-state index contributed by atoms with van der Waals surface area (Å²) < 4.78 is 11.0. The van der Waals surface area contributed by atoms with E-state index in [1.54, 1.807) is 7.05 Å². The fourth-order valence-corrected chi connectivity index (χ4v) is 3.01. The van der Waals surface area contributed by atoms with E-state index in [9.17, 15) is 4.79 Å². The summed E-state index contributed by atoms with van der Waals surface area (Å²) in [6, 6.07) is 9.94. The fourth-order valence-electron chi connectivity index (χ4n) is 3.01. The van der Waals surface area contributed by atoms with Crippen molar-refractivity contribution in [2.75, 3.05) is 33.3 Å². The van der Waals surface area contributed by atoms with Gasteiger partial charge < -0.3 is 25.0 Å². The Labute approximate surface area is 168 Å². The second-order valence-corrected chi connectivity index (χ2v) is 7.92. The molecule has 1 heterocycles. The Bertz CT molecular complexity index is 628. The van der Waals surface area contributed by atoms with E-state index in [1.807, 2.05) is 51.1 Å². The third kappa shape index (κ3) is 8.06. The summed E-state index contributed by atoms with van der Waals surface area (Å²) in [4.78, 5) is 18.5. The van der Waals surface area contributed by atoms with Gasteiger partial charge in [-0.3, -0.25) is 4.99 Å². The van der Waals surface area contributed by atoms with Crippen LogP contribution in [0.2, 0.25) is 0 Å². The Morgan fingerprint density at radius 1 is 1.25 bits per heavy atom. The van der Waals surface area contributed by atoms with Gasteiger partial charge in [0.05, 0.1) is 12.6 Å². The molecular weight excluding hydrogens is 356 g/mol. The molecule has 7 heteroatoms. The number of alkyl carbamates (subject to hydrolysis) is 1. The number of hydrogen-bond acceptors (Lipinski definition) is 4. The summed E-state index contributed by atoms with van der Waals surface area (Å²) in [5.74, 6) is 1.78. The molecule has 1 unspecified atom stereocenters. The molecule has 0 aliphatic carbocycles. The number of carbonyl (C=O) groups excluding carboxylic acids is 1. The highest BCUT2D eigenvalue weighted by atomic mass is 16.6. The van der Waals surface area contributed by atoms with Gasteiger partial charge in [0, 0.05) is 26.7 Å². The number of hydrogen-bond donors (Lipinski definition) is 2. The minimum atomic E-state index is -0.482. The Kier molecular flexibility index (Phi) is 8.42. The van der Waals surface area contributed by atoms with Gasteiger partial charge in [0.2, 0.25) is 0 Å². The lowest BCUT2D eigenvalue weighted by molar-refractivity contribution is 0.0507. The number of ether oxygens (including phenoxy) is 2. The van der Waals surface area contributed by atoms with E-state index in [4.69, 9.17) is 9.47 Å². The average Bonchev–Trinajstić information content (AvgIpc) is 3.08. The first-order chi connectivity index (χ1) is 13.4. The molecule has 28 heavy (non-hydrogen) atoms. The predicted octanol–water partition coefficient (Wildman–Crippen LogP) is 3.02. The lowest BCUT2D eigenvalue weighted by Gasteiger charge is -2.23. The second-order valence-electron chi connectivity index (χ2n) is 7.92. The van der Waals surface area contributed by atoms with Crippen LogP contribution >= 0.6 is 0 Å². The Hall–Kier alpha value is -2.44. The molecule has 2 N–H and O–H groups in total. The number of para-hydroxylation sites is 1. The van der Waals surface area contributed by atoms with Crippen LogP contribution in [0.4, 0.5) is 4.79 Å². The number of nitrogens with zero attached hydrogens (tertiary/aromatic N) is 2. The second kappa shape index (κ2) is 10.8. The van der Waals surface area contributed by atoms with Crippen molar-refractivity contribution >= 4 is 12.1 Å². The molecule has 1 aliphatic heterocycles. The van der Waals surface area contributed by atoms with Crippen molar-refractivity contribution in [1.29, 1.82) is 0 Å². The fraction of sp³-hybridized carbons (Fsp3) is 0.619. The van der Waals surface area contributed by atoms with Gasteiger partial charge in [0.15, 0.2) is 5.96 Å². The van der Waals surface area contributed by atoms with Crippen LogP contribution in [0.1, 0.15) is 40.0 Å². The summed E-state index contributed by atoms with van der Waals surface area (Å²) in [7, 11) is 1.79. The van der Waals surface area contributed by atoms with Crippen LogP contribution in [0.15, 0.2) is 35.3 Å². The SMILES string of the molecule is CN=C(NCCCCOc1ccccc1)N1CCC(NC(=O)OC(C)(C)C)C1. The van der Waals surface area contributed by atoms with Crippen molar-refractivity contribution in [2.24, 2.45) is 4.99 Å². The lowest BCUT2D eigenvalue weighted by Crippen LogP contribution is -2.44. The number of rotatable bonds is 7. The molecule has 2 rings (SSSR count). The van der Waals surface area contributed by atoms with Crippen LogP contribution in [0, 0.1) is 0 Å². The van der Waals surface area contributed by atoms with E-state index in [2.05, 4.69) is 20.5 Å². The highest BCUT2D eigenvalue weighted by Gasteiger charge is 2.27. The molecule has 1 saturated heterocycles. The molecule has 1 amide bonds. The van der Waals surface area contributed by atoms with Crippen LogP contribution < -0.4 is 15.4 Å². The molecule has 1 aromatic rings. The van der Waals surface area contributed by atoms with Gasteiger partial charge in [-0.1, -0.05) is 18.2 Å². The topological polar surface area (TPSA) is 75.2 Å². The number of guanidine groups is 1. The smallest absolute Gasteiger partial charge is 0.407 e. The number of nitrogens with one attached hydrogen (secondary N) is 2. The third-order valence-corrected chi connectivity index (χ3v) is 4.29. The van der Waals surface area contributed by atoms with Crippen molar-refractivity contribution < 1.29 is 14.3 Å². The first-order valence-corrected chi connectivity index (χ1v) is 10.0. The van der Waals surface area contributed by atoms with E-state index in [0.29, 0.717) is 6.61 Å². The molecule has 1 fully saturated rings. The Balaban J connectivity index is 1.62. The first-order valence-electron chi connectivity index (χ1n) is 10.0. The van der Waals surface area contributed by atoms with E-state index in [1.165, 1.54) is 0 Å². The Morgan fingerprint density at radius 2 is 2.00 bits per heavy atom. The number of aliphatic imine (C=N–C) groups is 1. The molecule has 0 aromatic heterocycles. The molecule has 0 spiro atoms. The van der Waals surface area contributed by atoms with Gasteiger partial charge in [0.1, 0.15) is 11.4 Å². The molecule has 1 aliphatic rings. The molecule has 1 aromatic carbocycles. The highest BCUT2D eigenvalue weighted by Crippen LogP contribution is 2.12. The first kappa shape index (κ1) is 21.9. The van der Waals surface area contributed by atoms with Crippen molar-refractivity contribution in [2.45, 2.75) is 51.7 Å². The standard InChI is InChI=1S/C21H34N4O3/c1-21(2,3)28-20(26)24-17-12-14-25(16-17)19(22-4)23-13-8-9-15-27-18-10-6-5-7-11-18/h5-7,10-11,17H,8-9,12-16H2,1-4H3,(H,22,23)(H,24,26). The van der Waals surface area contributed by atoms with Gasteiger partial charge in [-0.2, -0.15) is 0 Å². The normalized spacial score (nSPS) is 17.4. The number of benzene rings is 1. The predicted molar refractivity (Wildman–Crippen MR) is 112 cm³/mol. The molecule has 1 atom stereocenters. The van der Waals surface area contributed by atoms with Gasteiger partial charge in [0.25, 0.3) is 0 Å². The largest absolute Gasteiger partial charge is 0.494 e. The summed E-state index contributed by atoms with van der Waals surface area (Å²) in [6.45, 7) is 8.73. The molecule has 0 saturated carbocycles. The zero-order chi connectivity index (χ0) is 20.4. The zero-order valence-electron chi connectivity index (χ0n) is 17.5. The van der Waals surface area contributed by atoms with Gasteiger partial charge >= 0.3 is 6.09 Å². The summed E-state index contributed by atoms with van der Waals surface area (Å²) in [6.07, 6.45) is 2.49. The summed E-state index contributed by atoms with van der Waals surface area (Å²) in [5, 5.41) is 6.34. The van der Waals surface area contributed by atoms with Crippen molar-refractivity contribution in [1.82, 2.24) is 15.5 Å². The molecule has 0 radical (unpaired) electrons. The molecule has 156 valence electrons. The average molecular weight is 391 g/mol. The number of carbonyl (C=O) groups is 1. The van der Waals surface area contributed by atoms with Crippen molar-refractivity contribution in [3.05, 3.63) is 30.3 Å². The van der Waals surface area contributed by atoms with Crippen molar-refractivity contribution in [3.63, 3.8) is 0 Å². The summed E-state index contributed by atoms with van der Waals surface area (Å²) in [5.41, 5.74) is -0.482. The monoisotopic (exact) mass is 390 g/mol. The highest BCUT2D eigenvalue weighted by molar-refractivity contribution is 5.80. The minimum Gasteiger partial charge on any atom is -0.494 e. The van der Waals surface area contributed by atoms with E-state index >= 15 is 0 Å². The van der Waals surface area contributed by atoms with Crippen LogP contribution in [0.25, 0.3) is 0 Å². The molecular formula is C21H34N4O3. The van der Waals surface area contributed by atoms with Crippen LogP contribution in [0.5, 0.6) is 5.75 Å². The number of unbranched alkanes of at least 4 members (excludes halogenated alkanes) is 1. The van der Waals surface area contributed by atoms with Gasteiger partial charge in [-0.15, -0.1) is 0 Å². The summed E-state index contributed by atoms with van der Waals surface area (Å²) >= 11 is 0. The number of likely N-dealkylation sites (tertiary alicyclic amines) is 1. The van der Waals surface area contributed by atoms with Crippen LogP contribution in [-0.4, -0.2) is 61.9 Å². The Morgan fingerprint density at radius 3 is 2.68 bits per heavy atom. The van der Waals surface area contributed by atoms with E-state index in [-0.39, 0.29) is 12.1 Å². The van der Waals surface area contributed by atoms with E-state index in [0.717, 1.165) is 50.6 Å². The third-order valence-electron chi connectivity index (χ3n) is 4.29. The quantitative estimate of drug-likeness (QED) is 0.425. The number of amides is 1. The van der Waals surface area contributed by atoms with Gasteiger partial charge in [-0.25, -0.2) is 4.79 Å². The molecule has 7 nitrogen and oxygen atoms in total.